The van der Waals surface area contributed by atoms with E-state index in [1.54, 1.807) is 0 Å². The molecule has 0 atom stereocenters. The first kappa shape index (κ1) is 13.8. The van der Waals surface area contributed by atoms with Crippen LogP contribution in [-0.4, -0.2) is 38.6 Å². The van der Waals surface area contributed by atoms with E-state index in [9.17, 15) is 14.7 Å². The van der Waals surface area contributed by atoms with Crippen molar-refractivity contribution >= 4 is 5.82 Å². The Morgan fingerprint density at radius 1 is 1.32 bits per heavy atom. The molecule has 0 aromatic carbocycles. The Labute approximate surface area is 111 Å². The highest BCUT2D eigenvalue weighted by Gasteiger charge is 2.26. The topological polar surface area (TPSA) is 80.4 Å². The summed E-state index contributed by atoms with van der Waals surface area (Å²) in [5, 5.41) is 13.3. The molecule has 1 N–H and O–H groups in total. The first-order chi connectivity index (χ1) is 9.06. The van der Waals surface area contributed by atoms with Crippen molar-refractivity contribution < 1.29 is 5.11 Å². The molecule has 0 aliphatic heterocycles. The maximum atomic E-state index is 12.2. The minimum atomic E-state index is -0.441. The summed E-state index contributed by atoms with van der Waals surface area (Å²) in [5.41, 5.74) is -0.840. The Hall–Kier alpha value is -1.63. The molecule has 1 aliphatic rings. The molecule has 0 spiro atoms. The van der Waals surface area contributed by atoms with Crippen LogP contribution in [0.15, 0.2) is 9.59 Å². The lowest BCUT2D eigenvalue weighted by Crippen LogP contribution is -2.46. The van der Waals surface area contributed by atoms with Crippen molar-refractivity contribution in [3.63, 3.8) is 0 Å². The summed E-state index contributed by atoms with van der Waals surface area (Å²) in [6.07, 6.45) is 4.23. The summed E-state index contributed by atoms with van der Waals surface area (Å²) in [5.74, 6) is 0.255. The highest BCUT2D eigenvalue weighted by atomic mass is 16.3. The van der Waals surface area contributed by atoms with Crippen LogP contribution in [0.3, 0.4) is 0 Å². The molecule has 7 nitrogen and oxygen atoms in total. The summed E-state index contributed by atoms with van der Waals surface area (Å²) < 4.78 is 2.22. The van der Waals surface area contributed by atoms with Gasteiger partial charge in [-0.15, -0.1) is 5.10 Å². The molecule has 0 radical (unpaired) electrons. The van der Waals surface area contributed by atoms with Crippen molar-refractivity contribution in [1.82, 2.24) is 14.3 Å². The lowest BCUT2D eigenvalue weighted by Gasteiger charge is -2.28. The van der Waals surface area contributed by atoms with Crippen LogP contribution in [-0.2, 0) is 14.1 Å². The van der Waals surface area contributed by atoms with Crippen molar-refractivity contribution in [1.29, 1.82) is 0 Å². The Balaban J connectivity index is 2.47. The molecule has 1 heterocycles. The molecule has 1 fully saturated rings. The molecule has 0 unspecified atom stereocenters. The number of hydrogen-bond acceptors (Lipinski definition) is 5. The molecule has 106 valence electrons. The third kappa shape index (κ3) is 2.56. The lowest BCUT2D eigenvalue weighted by molar-refractivity contribution is 0.296. The van der Waals surface area contributed by atoms with E-state index in [1.807, 2.05) is 4.90 Å². The van der Waals surface area contributed by atoms with Crippen LogP contribution in [0.1, 0.15) is 25.7 Å². The van der Waals surface area contributed by atoms with Crippen molar-refractivity contribution in [3.05, 3.63) is 20.8 Å². The molecule has 1 saturated carbocycles. The normalized spacial score (nSPS) is 15.9. The van der Waals surface area contributed by atoms with Crippen molar-refractivity contribution in [2.75, 3.05) is 18.1 Å². The van der Waals surface area contributed by atoms with E-state index < -0.39 is 11.2 Å². The SMILES string of the molecule is Cn1nc(N(CCO)C2CCCC2)c(=O)n(C)c1=O. The zero-order valence-corrected chi connectivity index (χ0v) is 11.4. The van der Waals surface area contributed by atoms with Gasteiger partial charge in [0, 0.05) is 26.7 Å². The number of anilines is 1. The highest BCUT2D eigenvalue weighted by molar-refractivity contribution is 5.36. The van der Waals surface area contributed by atoms with Crippen LogP contribution in [0, 0.1) is 0 Å². The molecule has 1 aromatic heterocycles. The second kappa shape index (κ2) is 5.56. The predicted molar refractivity (Wildman–Crippen MR) is 71.4 cm³/mol. The van der Waals surface area contributed by atoms with E-state index in [0.29, 0.717) is 6.54 Å². The summed E-state index contributed by atoms with van der Waals surface area (Å²) in [4.78, 5) is 25.7. The Morgan fingerprint density at radius 2 is 1.95 bits per heavy atom. The number of aliphatic hydroxyl groups excluding tert-OH is 1. The van der Waals surface area contributed by atoms with E-state index in [4.69, 9.17) is 0 Å². The zero-order chi connectivity index (χ0) is 14.0. The van der Waals surface area contributed by atoms with Gasteiger partial charge in [-0.25, -0.2) is 9.48 Å². The zero-order valence-electron chi connectivity index (χ0n) is 11.4. The van der Waals surface area contributed by atoms with Gasteiger partial charge in [-0.2, -0.15) is 0 Å². The fourth-order valence-electron chi connectivity index (χ4n) is 2.65. The molecule has 2 rings (SSSR count). The smallest absolute Gasteiger partial charge is 0.346 e. The van der Waals surface area contributed by atoms with E-state index in [1.165, 1.54) is 14.1 Å². The number of hydrogen-bond donors (Lipinski definition) is 1. The second-order valence-electron chi connectivity index (χ2n) is 4.95. The molecule has 0 saturated heterocycles. The van der Waals surface area contributed by atoms with Crippen LogP contribution in [0.2, 0.25) is 0 Å². The molecule has 0 amide bonds. The lowest BCUT2D eigenvalue weighted by atomic mass is 10.2. The minimum Gasteiger partial charge on any atom is -0.395 e. The van der Waals surface area contributed by atoms with E-state index in [2.05, 4.69) is 5.10 Å². The van der Waals surface area contributed by atoms with Crippen molar-refractivity contribution in [3.8, 4) is 0 Å². The number of rotatable bonds is 4. The number of aromatic nitrogens is 3. The number of aliphatic hydroxyl groups is 1. The van der Waals surface area contributed by atoms with Crippen LogP contribution < -0.4 is 16.1 Å². The third-order valence-electron chi connectivity index (χ3n) is 3.68. The van der Waals surface area contributed by atoms with Gasteiger partial charge in [0.1, 0.15) is 0 Å². The maximum absolute atomic E-state index is 12.2. The van der Waals surface area contributed by atoms with Crippen molar-refractivity contribution in [2.45, 2.75) is 31.7 Å². The maximum Gasteiger partial charge on any atom is 0.346 e. The Kier molecular flexibility index (Phi) is 4.04. The van der Waals surface area contributed by atoms with Gasteiger partial charge < -0.3 is 10.0 Å². The highest BCUT2D eigenvalue weighted by Crippen LogP contribution is 2.25. The standard InChI is InChI=1S/C12H20N4O3/c1-14-11(18)10(13-15(2)12(14)19)16(7-8-17)9-5-3-4-6-9/h9,17H,3-8H2,1-2H3. The van der Waals surface area contributed by atoms with E-state index >= 15 is 0 Å². The van der Waals surface area contributed by atoms with Gasteiger partial charge in [0.15, 0.2) is 0 Å². The molecular formula is C12H20N4O3. The van der Waals surface area contributed by atoms with Gasteiger partial charge in [-0.05, 0) is 12.8 Å². The minimum absolute atomic E-state index is 0.0375. The molecule has 0 bridgehead atoms. The van der Waals surface area contributed by atoms with Gasteiger partial charge in [0.2, 0.25) is 5.82 Å². The average molecular weight is 268 g/mol. The van der Waals surface area contributed by atoms with Crippen LogP contribution >= 0.6 is 0 Å². The quantitative estimate of drug-likeness (QED) is 0.775. The van der Waals surface area contributed by atoms with Crippen LogP contribution in [0.25, 0.3) is 0 Å². The summed E-state index contributed by atoms with van der Waals surface area (Å²) >= 11 is 0. The summed E-state index contributed by atoms with van der Waals surface area (Å²) in [7, 11) is 2.97. The van der Waals surface area contributed by atoms with E-state index in [0.717, 1.165) is 34.9 Å². The summed E-state index contributed by atoms with van der Waals surface area (Å²) in [6, 6.07) is 0.227. The third-order valence-corrected chi connectivity index (χ3v) is 3.68. The average Bonchev–Trinajstić information content (AvgIpc) is 2.92. The molecule has 1 aliphatic carbocycles. The molecule has 7 heteroatoms. The van der Waals surface area contributed by atoms with Gasteiger partial charge in [-0.1, -0.05) is 12.8 Å². The first-order valence-electron chi connectivity index (χ1n) is 6.58. The number of aryl methyl sites for hydroxylation is 1. The fraction of sp³-hybridized carbons (Fsp3) is 0.750. The van der Waals surface area contributed by atoms with Gasteiger partial charge in [0.25, 0.3) is 5.56 Å². The second-order valence-corrected chi connectivity index (χ2v) is 4.95. The van der Waals surface area contributed by atoms with Gasteiger partial charge in [-0.3, -0.25) is 9.36 Å². The summed E-state index contributed by atoms with van der Waals surface area (Å²) in [6.45, 7) is 0.329. The monoisotopic (exact) mass is 268 g/mol. The fourth-order valence-corrected chi connectivity index (χ4v) is 2.65. The molecular weight excluding hydrogens is 248 g/mol. The van der Waals surface area contributed by atoms with Crippen LogP contribution in [0.4, 0.5) is 5.82 Å². The van der Waals surface area contributed by atoms with E-state index in [-0.39, 0.29) is 18.5 Å². The number of nitrogens with zero attached hydrogens (tertiary/aromatic N) is 4. The van der Waals surface area contributed by atoms with Gasteiger partial charge >= 0.3 is 5.69 Å². The largest absolute Gasteiger partial charge is 0.395 e. The molecule has 1 aromatic rings. The van der Waals surface area contributed by atoms with Gasteiger partial charge in [0.05, 0.1) is 6.61 Å². The predicted octanol–water partition coefficient (Wildman–Crippen LogP) is -0.780. The first-order valence-corrected chi connectivity index (χ1v) is 6.58. The van der Waals surface area contributed by atoms with Crippen molar-refractivity contribution in [2.24, 2.45) is 14.1 Å². The van der Waals surface area contributed by atoms with Crippen LogP contribution in [0.5, 0.6) is 0 Å². The Morgan fingerprint density at radius 3 is 2.53 bits per heavy atom. The molecule has 19 heavy (non-hydrogen) atoms. The Bertz CT molecular complexity index is 557.